The number of anilines is 5. The molecule has 0 bridgehead atoms. The number of aryl methyl sites for hydroxylation is 2. The minimum absolute atomic E-state index is 0.0961. The largest absolute Gasteiger partial charge is 0.334 e. The molecule has 2 nitrogen and oxygen atoms in total. The van der Waals surface area contributed by atoms with Crippen molar-refractivity contribution in [3.05, 3.63) is 186 Å². The molecule has 0 amide bonds. The molecule has 7 aromatic rings. The highest BCUT2D eigenvalue weighted by atomic mass is 15.2. The van der Waals surface area contributed by atoms with E-state index in [-0.39, 0.29) is 6.04 Å². The summed E-state index contributed by atoms with van der Waals surface area (Å²) in [7, 11) is 0. The highest BCUT2D eigenvalue weighted by Gasteiger charge is 2.33. The van der Waals surface area contributed by atoms with Gasteiger partial charge in [0.2, 0.25) is 0 Å². The van der Waals surface area contributed by atoms with Crippen LogP contribution in [0.4, 0.5) is 28.4 Å². The van der Waals surface area contributed by atoms with E-state index in [9.17, 15) is 0 Å². The lowest BCUT2D eigenvalue weighted by atomic mass is 9.79. The van der Waals surface area contributed by atoms with Crippen LogP contribution in [0.5, 0.6) is 0 Å². The zero-order valence-electron chi connectivity index (χ0n) is 26.1. The Labute approximate surface area is 271 Å². The van der Waals surface area contributed by atoms with Crippen molar-refractivity contribution in [1.82, 2.24) is 0 Å². The summed E-state index contributed by atoms with van der Waals surface area (Å²) in [5, 5.41) is 2.29. The number of rotatable bonds is 6. The minimum atomic E-state index is 0.0961. The fourth-order valence-corrected chi connectivity index (χ4v) is 6.98. The average Bonchev–Trinajstić information content (AvgIpc) is 3.11. The van der Waals surface area contributed by atoms with Crippen LogP contribution in [0.3, 0.4) is 0 Å². The summed E-state index contributed by atoms with van der Waals surface area (Å²) in [6, 6.07) is 61.8. The van der Waals surface area contributed by atoms with E-state index in [1.54, 1.807) is 0 Å². The van der Waals surface area contributed by atoms with E-state index in [4.69, 9.17) is 0 Å². The Bertz CT molecular complexity index is 2130. The summed E-state index contributed by atoms with van der Waals surface area (Å²) in [5.41, 5.74) is 13.4. The Morgan fingerprint density at radius 3 is 1.83 bits per heavy atom. The third kappa shape index (κ3) is 4.87. The van der Waals surface area contributed by atoms with E-state index in [1.165, 1.54) is 50.1 Å². The topological polar surface area (TPSA) is 6.48 Å². The van der Waals surface area contributed by atoms with Gasteiger partial charge in [0.25, 0.3) is 0 Å². The number of nitrogens with zero attached hydrogens (tertiary/aromatic N) is 2. The summed E-state index contributed by atoms with van der Waals surface area (Å²) in [5.74, 6) is 0. The van der Waals surface area contributed by atoms with Crippen LogP contribution in [0.15, 0.2) is 152 Å². The van der Waals surface area contributed by atoms with Gasteiger partial charge in [0.05, 0.1) is 11.7 Å². The van der Waals surface area contributed by atoms with Crippen LogP contribution in [0, 0.1) is 26.0 Å². The van der Waals surface area contributed by atoms with Crippen LogP contribution in [0.25, 0.3) is 21.9 Å². The second kappa shape index (κ2) is 11.6. The third-order valence-electron chi connectivity index (χ3n) is 9.20. The second-order valence-corrected chi connectivity index (χ2v) is 12.2. The van der Waals surface area contributed by atoms with Gasteiger partial charge in [-0.1, -0.05) is 108 Å². The van der Waals surface area contributed by atoms with Crippen molar-refractivity contribution in [2.75, 3.05) is 9.80 Å². The van der Waals surface area contributed by atoms with Gasteiger partial charge in [-0.05, 0) is 109 Å². The molecule has 2 heteroatoms. The first-order valence-electron chi connectivity index (χ1n) is 16.0. The summed E-state index contributed by atoms with van der Waals surface area (Å²) < 4.78 is 0. The maximum atomic E-state index is 3.59. The van der Waals surface area contributed by atoms with Crippen LogP contribution in [0.1, 0.15) is 28.3 Å². The standard InChI is InChI=1S/C44H34N2/c1-31-21-25-35(26-22-31)45(33-13-5-3-6-14-33)43-29-41-38-18-10-12-20-40(38)44(30-42(41)37-17-9-11-19-39(37)43)46(34-15-7-4-8-16-34)36-27-23-32(2)24-28-36/h3-9,11-17,19-28,30,43H,29H2,1-2H3. The molecule has 220 valence electrons. The Balaban J connectivity index is 1.37. The maximum Gasteiger partial charge on any atom is 0.0638 e. The Morgan fingerprint density at radius 1 is 0.565 bits per heavy atom. The van der Waals surface area contributed by atoms with Crippen LogP contribution in [0.2, 0.25) is 0 Å². The van der Waals surface area contributed by atoms with E-state index in [0.29, 0.717) is 0 Å². The van der Waals surface area contributed by atoms with E-state index in [2.05, 4.69) is 181 Å². The fourth-order valence-electron chi connectivity index (χ4n) is 6.98. The van der Waals surface area contributed by atoms with Gasteiger partial charge in [-0.3, -0.25) is 0 Å². The second-order valence-electron chi connectivity index (χ2n) is 12.2. The highest BCUT2D eigenvalue weighted by molar-refractivity contribution is 6.04. The molecule has 0 saturated heterocycles. The van der Waals surface area contributed by atoms with Crippen LogP contribution < -0.4 is 9.80 Å². The zero-order chi connectivity index (χ0) is 31.0. The Kier molecular flexibility index (Phi) is 7.01. The molecule has 0 heterocycles. The molecule has 0 aliphatic heterocycles. The van der Waals surface area contributed by atoms with Gasteiger partial charge in [-0.2, -0.15) is 0 Å². The van der Waals surface area contributed by atoms with Gasteiger partial charge >= 0.3 is 0 Å². The van der Waals surface area contributed by atoms with Gasteiger partial charge in [-0.15, -0.1) is 0 Å². The molecule has 1 aliphatic rings. The van der Waals surface area contributed by atoms with E-state index in [0.717, 1.165) is 28.9 Å². The number of fused-ring (bicyclic) bond motifs is 5. The fraction of sp³-hybridized carbons (Fsp3) is 0.0909. The van der Waals surface area contributed by atoms with Gasteiger partial charge in [-0.25, -0.2) is 0 Å². The van der Waals surface area contributed by atoms with Crippen molar-refractivity contribution in [3.8, 4) is 11.1 Å². The maximum absolute atomic E-state index is 3.59. The Morgan fingerprint density at radius 2 is 1.13 bits per heavy atom. The molecule has 0 saturated carbocycles. The highest BCUT2D eigenvalue weighted by Crippen LogP contribution is 2.50. The van der Waals surface area contributed by atoms with Crippen molar-refractivity contribution in [1.29, 1.82) is 0 Å². The van der Waals surface area contributed by atoms with Gasteiger partial charge in [0, 0.05) is 33.5 Å². The Hall–Kier alpha value is -5.78. The van der Waals surface area contributed by atoms with Crippen molar-refractivity contribution in [3.63, 3.8) is 0 Å². The molecule has 8 rings (SSSR count). The number of para-hydroxylation sites is 2. The van der Waals surface area contributed by atoms with Crippen molar-refractivity contribution >= 4 is 39.2 Å². The first-order valence-corrected chi connectivity index (χ1v) is 16.0. The summed E-state index contributed by atoms with van der Waals surface area (Å²) in [6.45, 7) is 4.28. The van der Waals surface area contributed by atoms with E-state index < -0.39 is 0 Å². The van der Waals surface area contributed by atoms with E-state index >= 15 is 0 Å². The monoisotopic (exact) mass is 590 g/mol. The normalized spacial score (nSPS) is 13.4. The van der Waals surface area contributed by atoms with Crippen LogP contribution in [-0.2, 0) is 6.42 Å². The SMILES string of the molecule is Cc1ccc(N(c2ccccc2)c2cc3c(c4c#cccc24)CC(N(c2ccccc2)c2ccc(C)cc2)c2ccccc2-3)cc1. The molecule has 46 heavy (non-hydrogen) atoms. The lowest BCUT2D eigenvalue weighted by Crippen LogP contribution is -2.28. The lowest BCUT2D eigenvalue weighted by Gasteiger charge is -2.39. The minimum Gasteiger partial charge on any atom is -0.334 e. The van der Waals surface area contributed by atoms with Gasteiger partial charge in [0.1, 0.15) is 0 Å². The first kappa shape index (κ1) is 27.7. The predicted molar refractivity (Wildman–Crippen MR) is 193 cm³/mol. The first-order chi connectivity index (χ1) is 22.7. The average molecular weight is 591 g/mol. The number of benzene rings is 6. The summed E-state index contributed by atoms with van der Waals surface area (Å²) in [4.78, 5) is 4.89. The smallest absolute Gasteiger partial charge is 0.0638 e. The predicted octanol–water partition coefficient (Wildman–Crippen LogP) is 11.6. The van der Waals surface area contributed by atoms with Gasteiger partial charge < -0.3 is 9.80 Å². The quantitative estimate of drug-likeness (QED) is 0.190. The molecule has 1 aliphatic carbocycles. The molecular formula is C44H34N2. The molecule has 7 aromatic carbocycles. The lowest BCUT2D eigenvalue weighted by molar-refractivity contribution is 0.688. The molecule has 1 atom stereocenters. The van der Waals surface area contributed by atoms with Crippen molar-refractivity contribution < 1.29 is 0 Å². The molecule has 1 unspecified atom stereocenters. The molecular weight excluding hydrogens is 556 g/mol. The summed E-state index contributed by atoms with van der Waals surface area (Å²) in [6.07, 6.45) is 0.843. The van der Waals surface area contributed by atoms with E-state index in [1.807, 2.05) is 6.07 Å². The number of hydrogen-bond donors (Lipinski definition) is 0. The summed E-state index contributed by atoms with van der Waals surface area (Å²) >= 11 is 0. The van der Waals surface area contributed by atoms with Gasteiger partial charge in [0.15, 0.2) is 0 Å². The van der Waals surface area contributed by atoms with Crippen molar-refractivity contribution in [2.24, 2.45) is 0 Å². The molecule has 0 aromatic heterocycles. The molecule has 0 fully saturated rings. The molecule has 0 N–H and O–H groups in total. The zero-order valence-corrected chi connectivity index (χ0v) is 26.1. The number of hydrogen-bond acceptors (Lipinski definition) is 2. The van der Waals surface area contributed by atoms with Crippen LogP contribution >= 0.6 is 0 Å². The van der Waals surface area contributed by atoms with Crippen LogP contribution in [-0.4, -0.2) is 0 Å². The van der Waals surface area contributed by atoms with Crippen molar-refractivity contribution in [2.45, 2.75) is 26.3 Å². The molecule has 0 radical (unpaired) electrons. The third-order valence-corrected chi connectivity index (χ3v) is 9.20. The molecule has 0 spiro atoms.